The zero-order chi connectivity index (χ0) is 19.2. The first-order valence-corrected chi connectivity index (χ1v) is 9.02. The average molecular weight is 364 g/mol. The van der Waals surface area contributed by atoms with Gasteiger partial charge in [-0.15, -0.1) is 0 Å². The van der Waals surface area contributed by atoms with Gasteiger partial charge in [0.15, 0.2) is 0 Å². The minimum atomic E-state index is -0.356. The van der Waals surface area contributed by atoms with E-state index in [4.69, 9.17) is 4.74 Å². The molecule has 0 saturated carbocycles. The summed E-state index contributed by atoms with van der Waals surface area (Å²) in [5.74, 6) is 0.350. The number of pyridine rings is 1. The summed E-state index contributed by atoms with van der Waals surface area (Å²) in [4.78, 5) is 16.0. The molecule has 1 aromatic carbocycles. The Balaban J connectivity index is 1.67. The van der Waals surface area contributed by atoms with Gasteiger partial charge in [0.05, 0.1) is 24.4 Å². The van der Waals surface area contributed by atoms with E-state index in [-0.39, 0.29) is 5.97 Å². The molecule has 0 aliphatic heterocycles. The van der Waals surface area contributed by atoms with Gasteiger partial charge in [-0.2, -0.15) is 5.10 Å². The summed E-state index contributed by atoms with van der Waals surface area (Å²) >= 11 is 0. The Bertz CT molecular complexity index is 902. The van der Waals surface area contributed by atoms with Crippen molar-refractivity contribution in [1.29, 1.82) is 0 Å². The van der Waals surface area contributed by atoms with Crippen LogP contribution >= 0.6 is 0 Å². The van der Waals surface area contributed by atoms with Crippen molar-refractivity contribution in [2.45, 2.75) is 33.9 Å². The molecular weight excluding hydrogens is 340 g/mol. The van der Waals surface area contributed by atoms with E-state index in [0.717, 1.165) is 23.5 Å². The van der Waals surface area contributed by atoms with E-state index < -0.39 is 0 Å². The van der Waals surface area contributed by atoms with Gasteiger partial charge >= 0.3 is 5.97 Å². The number of rotatable bonds is 7. The SMILES string of the molecule is CCOC(=O)c1ccc(NCc2c(C)nn(Cc3ccccc3)c2C)nc1. The fourth-order valence-electron chi connectivity index (χ4n) is 2.91. The van der Waals surface area contributed by atoms with Crippen molar-refractivity contribution in [3.8, 4) is 0 Å². The maximum atomic E-state index is 11.7. The third-order valence-corrected chi connectivity index (χ3v) is 4.43. The van der Waals surface area contributed by atoms with E-state index >= 15 is 0 Å². The van der Waals surface area contributed by atoms with Crippen molar-refractivity contribution in [2.75, 3.05) is 11.9 Å². The molecule has 0 amide bonds. The van der Waals surface area contributed by atoms with Crippen molar-refractivity contribution in [3.63, 3.8) is 0 Å². The maximum absolute atomic E-state index is 11.7. The molecule has 0 spiro atoms. The van der Waals surface area contributed by atoms with Gasteiger partial charge in [0.25, 0.3) is 0 Å². The Morgan fingerprint density at radius 1 is 1.15 bits per heavy atom. The lowest BCUT2D eigenvalue weighted by Gasteiger charge is -2.08. The van der Waals surface area contributed by atoms with Crippen LogP contribution in [-0.4, -0.2) is 27.3 Å². The van der Waals surface area contributed by atoms with E-state index in [2.05, 4.69) is 34.5 Å². The Morgan fingerprint density at radius 3 is 2.59 bits per heavy atom. The minimum absolute atomic E-state index is 0.352. The average Bonchev–Trinajstić information content (AvgIpc) is 2.94. The van der Waals surface area contributed by atoms with Crippen LogP contribution in [0.25, 0.3) is 0 Å². The third-order valence-electron chi connectivity index (χ3n) is 4.43. The first kappa shape index (κ1) is 18.6. The fraction of sp³-hybridized carbons (Fsp3) is 0.286. The summed E-state index contributed by atoms with van der Waals surface area (Å²) in [7, 11) is 0. The van der Waals surface area contributed by atoms with Crippen LogP contribution in [0.5, 0.6) is 0 Å². The second-order valence-corrected chi connectivity index (χ2v) is 6.30. The minimum Gasteiger partial charge on any atom is -0.462 e. The van der Waals surface area contributed by atoms with Crippen LogP contribution in [-0.2, 0) is 17.8 Å². The standard InChI is InChI=1S/C21H24N4O2/c1-4-27-21(26)18-10-11-20(22-12-18)23-13-19-15(2)24-25(16(19)3)14-17-8-6-5-7-9-17/h5-12H,4,13-14H2,1-3H3,(H,22,23). The Labute approximate surface area is 159 Å². The van der Waals surface area contributed by atoms with E-state index in [1.807, 2.05) is 29.8 Å². The van der Waals surface area contributed by atoms with Crippen LogP contribution in [0.1, 0.15) is 39.8 Å². The van der Waals surface area contributed by atoms with Gasteiger partial charge < -0.3 is 10.1 Å². The molecule has 2 heterocycles. The Hall–Kier alpha value is -3.15. The lowest BCUT2D eigenvalue weighted by molar-refractivity contribution is 0.0526. The first-order valence-electron chi connectivity index (χ1n) is 9.02. The first-order chi connectivity index (χ1) is 13.1. The molecule has 3 aromatic rings. The van der Waals surface area contributed by atoms with Gasteiger partial charge in [0.1, 0.15) is 5.82 Å². The molecular formula is C21H24N4O2. The zero-order valence-electron chi connectivity index (χ0n) is 15.9. The van der Waals surface area contributed by atoms with Gasteiger partial charge in [-0.3, -0.25) is 4.68 Å². The van der Waals surface area contributed by atoms with Gasteiger partial charge in [-0.25, -0.2) is 9.78 Å². The molecule has 27 heavy (non-hydrogen) atoms. The number of carbonyl (C=O) groups excluding carboxylic acids is 1. The van der Waals surface area contributed by atoms with Crippen molar-refractivity contribution in [2.24, 2.45) is 0 Å². The molecule has 0 unspecified atom stereocenters. The van der Waals surface area contributed by atoms with Crippen LogP contribution < -0.4 is 5.32 Å². The number of benzene rings is 1. The lowest BCUT2D eigenvalue weighted by atomic mass is 10.2. The number of hydrogen-bond acceptors (Lipinski definition) is 5. The molecule has 0 aliphatic carbocycles. The molecule has 0 fully saturated rings. The van der Waals surface area contributed by atoms with E-state index in [9.17, 15) is 4.79 Å². The van der Waals surface area contributed by atoms with Crippen molar-refractivity contribution in [3.05, 3.63) is 76.7 Å². The monoisotopic (exact) mass is 364 g/mol. The van der Waals surface area contributed by atoms with Gasteiger partial charge in [-0.1, -0.05) is 30.3 Å². The van der Waals surface area contributed by atoms with Crippen LogP contribution in [0, 0.1) is 13.8 Å². The second kappa shape index (κ2) is 8.49. The summed E-state index contributed by atoms with van der Waals surface area (Å²) < 4.78 is 7.00. The number of carbonyl (C=O) groups is 1. The van der Waals surface area contributed by atoms with Crippen molar-refractivity contribution in [1.82, 2.24) is 14.8 Å². The number of nitrogens with one attached hydrogen (secondary N) is 1. The number of nitrogens with zero attached hydrogens (tertiary/aromatic N) is 3. The quantitative estimate of drug-likeness (QED) is 0.647. The number of ether oxygens (including phenoxy) is 1. The normalized spacial score (nSPS) is 10.6. The molecule has 0 atom stereocenters. The van der Waals surface area contributed by atoms with Crippen LogP contribution in [0.4, 0.5) is 5.82 Å². The highest BCUT2D eigenvalue weighted by Gasteiger charge is 2.12. The molecule has 6 heteroatoms. The highest BCUT2D eigenvalue weighted by Crippen LogP contribution is 2.17. The van der Waals surface area contributed by atoms with Crippen molar-refractivity contribution < 1.29 is 9.53 Å². The molecule has 6 nitrogen and oxygen atoms in total. The lowest BCUT2D eigenvalue weighted by Crippen LogP contribution is -2.08. The van der Waals surface area contributed by atoms with Gasteiger partial charge in [0.2, 0.25) is 0 Å². The van der Waals surface area contributed by atoms with Gasteiger partial charge in [-0.05, 0) is 38.5 Å². The molecule has 0 bridgehead atoms. The van der Waals surface area contributed by atoms with Crippen molar-refractivity contribution >= 4 is 11.8 Å². The number of anilines is 1. The topological polar surface area (TPSA) is 69.0 Å². The smallest absolute Gasteiger partial charge is 0.339 e. The van der Waals surface area contributed by atoms with Crippen LogP contribution in [0.2, 0.25) is 0 Å². The summed E-state index contributed by atoms with van der Waals surface area (Å²) in [6.45, 7) is 7.60. The fourth-order valence-corrected chi connectivity index (χ4v) is 2.91. The molecule has 0 saturated heterocycles. The second-order valence-electron chi connectivity index (χ2n) is 6.30. The molecule has 140 valence electrons. The van der Waals surface area contributed by atoms with E-state index in [1.54, 1.807) is 19.1 Å². The van der Waals surface area contributed by atoms with E-state index in [1.165, 1.54) is 11.8 Å². The molecule has 0 aliphatic rings. The van der Waals surface area contributed by atoms with E-state index in [0.29, 0.717) is 24.5 Å². The van der Waals surface area contributed by atoms with Gasteiger partial charge in [0, 0.05) is 24.0 Å². The number of esters is 1. The maximum Gasteiger partial charge on any atom is 0.339 e. The summed E-state index contributed by atoms with van der Waals surface area (Å²) in [5, 5.41) is 7.97. The third kappa shape index (κ3) is 4.53. The zero-order valence-corrected chi connectivity index (χ0v) is 15.9. The summed E-state index contributed by atoms with van der Waals surface area (Å²) in [6, 6.07) is 13.8. The summed E-state index contributed by atoms with van der Waals surface area (Å²) in [6.07, 6.45) is 1.53. The highest BCUT2D eigenvalue weighted by molar-refractivity contribution is 5.89. The summed E-state index contributed by atoms with van der Waals surface area (Å²) in [5.41, 5.74) is 4.96. The molecule has 1 N–H and O–H groups in total. The molecule has 2 aromatic heterocycles. The predicted octanol–water partition coefficient (Wildman–Crippen LogP) is 3.73. The Kier molecular flexibility index (Phi) is 5.86. The molecule has 3 rings (SSSR count). The largest absolute Gasteiger partial charge is 0.462 e. The number of aryl methyl sites for hydroxylation is 1. The van der Waals surface area contributed by atoms with Crippen LogP contribution in [0.3, 0.4) is 0 Å². The Morgan fingerprint density at radius 2 is 1.93 bits per heavy atom. The predicted molar refractivity (Wildman–Crippen MR) is 105 cm³/mol. The highest BCUT2D eigenvalue weighted by atomic mass is 16.5. The van der Waals surface area contributed by atoms with Crippen LogP contribution in [0.15, 0.2) is 48.7 Å². The molecule has 0 radical (unpaired) electrons. The number of aromatic nitrogens is 3. The number of hydrogen-bond donors (Lipinski definition) is 1.